The maximum atomic E-state index is 13.0. The Morgan fingerprint density at radius 2 is 1.67 bits per heavy atom. The Labute approximate surface area is 193 Å². The summed E-state index contributed by atoms with van der Waals surface area (Å²) in [6, 6.07) is 24.5. The van der Waals surface area contributed by atoms with Gasteiger partial charge in [-0.3, -0.25) is 13.9 Å². The number of nitrogens with zero attached hydrogens (tertiary/aromatic N) is 2. The van der Waals surface area contributed by atoms with Gasteiger partial charge in [0.15, 0.2) is 0 Å². The molecule has 1 heterocycles. The molecular weight excluding hydrogens is 438 g/mol. The fraction of sp³-hybridized carbons (Fsp3) is 0.200. The third-order valence-corrected chi connectivity index (χ3v) is 7.46. The third-order valence-electron chi connectivity index (χ3n) is 5.68. The van der Waals surface area contributed by atoms with Crippen molar-refractivity contribution in [3.8, 4) is 0 Å². The SMILES string of the molecule is CN(c1ccccc1)S(=O)(=O)c1cccc(NC(=O)[C@@H]2CC(=O)N(Cc3ccccc3)C2)c1. The highest BCUT2D eigenvalue weighted by Gasteiger charge is 2.34. The third kappa shape index (κ3) is 5.06. The molecule has 0 aromatic heterocycles. The summed E-state index contributed by atoms with van der Waals surface area (Å²) < 4.78 is 27.3. The van der Waals surface area contributed by atoms with E-state index in [9.17, 15) is 18.0 Å². The summed E-state index contributed by atoms with van der Waals surface area (Å²) in [7, 11) is -2.31. The minimum atomic E-state index is -3.80. The molecule has 3 aromatic rings. The first-order valence-corrected chi connectivity index (χ1v) is 12.1. The highest BCUT2D eigenvalue weighted by Crippen LogP contribution is 2.25. The number of anilines is 2. The van der Waals surface area contributed by atoms with Crippen LogP contribution in [0, 0.1) is 5.92 Å². The van der Waals surface area contributed by atoms with Crippen LogP contribution in [0.4, 0.5) is 11.4 Å². The standard InChI is InChI=1S/C25H25N3O4S/c1-27(22-12-6-3-7-13-22)33(31,32)23-14-8-11-21(16-23)26-25(30)20-15-24(29)28(18-20)17-19-9-4-2-5-10-19/h2-14,16,20H,15,17-18H2,1H3,(H,26,30)/t20-/m1/s1. The van der Waals surface area contributed by atoms with Gasteiger partial charge < -0.3 is 10.2 Å². The Hall–Kier alpha value is -3.65. The van der Waals surface area contributed by atoms with Crippen molar-refractivity contribution in [2.75, 3.05) is 23.2 Å². The van der Waals surface area contributed by atoms with Gasteiger partial charge in [-0.2, -0.15) is 0 Å². The zero-order chi connectivity index (χ0) is 23.4. The molecule has 0 unspecified atom stereocenters. The van der Waals surface area contributed by atoms with E-state index in [-0.39, 0.29) is 23.1 Å². The zero-order valence-corrected chi connectivity index (χ0v) is 19.0. The van der Waals surface area contributed by atoms with Crippen molar-refractivity contribution in [3.63, 3.8) is 0 Å². The first-order valence-electron chi connectivity index (χ1n) is 10.6. The van der Waals surface area contributed by atoms with Crippen molar-refractivity contribution in [2.24, 2.45) is 5.92 Å². The Kier molecular flexibility index (Phi) is 6.46. The number of carbonyl (C=O) groups excluding carboxylic acids is 2. The topological polar surface area (TPSA) is 86.8 Å². The minimum Gasteiger partial charge on any atom is -0.338 e. The number of benzene rings is 3. The highest BCUT2D eigenvalue weighted by atomic mass is 32.2. The van der Waals surface area contributed by atoms with E-state index < -0.39 is 15.9 Å². The van der Waals surface area contributed by atoms with Gasteiger partial charge in [0.2, 0.25) is 11.8 Å². The quantitative estimate of drug-likeness (QED) is 0.581. The molecule has 1 aliphatic rings. The predicted octanol–water partition coefficient (Wildman–Crippen LogP) is 3.50. The first-order chi connectivity index (χ1) is 15.8. The molecule has 0 bridgehead atoms. The predicted molar refractivity (Wildman–Crippen MR) is 127 cm³/mol. The van der Waals surface area contributed by atoms with Crippen molar-refractivity contribution in [3.05, 3.63) is 90.5 Å². The largest absolute Gasteiger partial charge is 0.338 e. The van der Waals surface area contributed by atoms with Crippen LogP contribution in [0.15, 0.2) is 89.8 Å². The lowest BCUT2D eigenvalue weighted by Crippen LogP contribution is -2.28. The van der Waals surface area contributed by atoms with Gasteiger partial charge in [-0.05, 0) is 35.9 Å². The number of amides is 2. The molecule has 1 aliphatic heterocycles. The highest BCUT2D eigenvalue weighted by molar-refractivity contribution is 7.92. The molecule has 0 aliphatic carbocycles. The van der Waals surface area contributed by atoms with E-state index in [2.05, 4.69) is 5.32 Å². The lowest BCUT2D eigenvalue weighted by atomic mass is 10.1. The van der Waals surface area contributed by atoms with E-state index in [4.69, 9.17) is 0 Å². The van der Waals surface area contributed by atoms with E-state index >= 15 is 0 Å². The van der Waals surface area contributed by atoms with Gasteiger partial charge in [-0.15, -0.1) is 0 Å². The summed E-state index contributed by atoms with van der Waals surface area (Å²) in [4.78, 5) is 27.0. The Morgan fingerprint density at radius 1 is 1.00 bits per heavy atom. The lowest BCUT2D eigenvalue weighted by molar-refractivity contribution is -0.128. The first kappa shape index (κ1) is 22.5. The second-order valence-electron chi connectivity index (χ2n) is 7.99. The summed E-state index contributed by atoms with van der Waals surface area (Å²) >= 11 is 0. The van der Waals surface area contributed by atoms with Crippen LogP contribution in [0.25, 0.3) is 0 Å². The van der Waals surface area contributed by atoms with Crippen LogP contribution in [0.2, 0.25) is 0 Å². The summed E-state index contributed by atoms with van der Waals surface area (Å²) in [5.41, 5.74) is 1.92. The molecule has 1 N–H and O–H groups in total. The van der Waals surface area contributed by atoms with Gasteiger partial charge in [-0.1, -0.05) is 54.6 Å². The monoisotopic (exact) mass is 463 g/mol. The Balaban J connectivity index is 1.44. The van der Waals surface area contributed by atoms with Crippen LogP contribution in [0.5, 0.6) is 0 Å². The molecule has 0 spiro atoms. The second-order valence-corrected chi connectivity index (χ2v) is 9.96. The number of hydrogen-bond donors (Lipinski definition) is 1. The van der Waals surface area contributed by atoms with Gasteiger partial charge in [0.1, 0.15) is 0 Å². The Morgan fingerprint density at radius 3 is 2.36 bits per heavy atom. The maximum Gasteiger partial charge on any atom is 0.264 e. The Bertz CT molecular complexity index is 1250. The molecule has 3 aromatic carbocycles. The van der Waals surface area contributed by atoms with Crippen molar-refractivity contribution in [2.45, 2.75) is 17.9 Å². The van der Waals surface area contributed by atoms with E-state index in [1.807, 2.05) is 36.4 Å². The van der Waals surface area contributed by atoms with Gasteiger partial charge in [-0.25, -0.2) is 8.42 Å². The van der Waals surface area contributed by atoms with Crippen LogP contribution in [-0.2, 0) is 26.2 Å². The molecule has 8 heteroatoms. The molecule has 0 saturated carbocycles. The van der Waals surface area contributed by atoms with Gasteiger partial charge >= 0.3 is 0 Å². The van der Waals surface area contributed by atoms with E-state index in [1.54, 1.807) is 41.3 Å². The summed E-state index contributed by atoms with van der Waals surface area (Å²) in [5, 5.41) is 2.78. The molecule has 170 valence electrons. The minimum absolute atomic E-state index is 0.0693. The molecule has 0 radical (unpaired) electrons. The van der Waals surface area contributed by atoms with E-state index in [0.29, 0.717) is 24.5 Å². The fourth-order valence-corrected chi connectivity index (χ4v) is 5.06. The van der Waals surface area contributed by atoms with Crippen LogP contribution in [0.1, 0.15) is 12.0 Å². The van der Waals surface area contributed by atoms with Crippen molar-refractivity contribution in [1.29, 1.82) is 0 Å². The zero-order valence-electron chi connectivity index (χ0n) is 18.2. The van der Waals surface area contributed by atoms with Crippen molar-refractivity contribution < 1.29 is 18.0 Å². The summed E-state index contributed by atoms with van der Waals surface area (Å²) in [6.45, 7) is 0.789. The molecular formula is C25H25N3O4S. The van der Waals surface area contributed by atoms with Crippen molar-refractivity contribution in [1.82, 2.24) is 4.90 Å². The number of likely N-dealkylation sites (tertiary alicyclic amines) is 1. The average molecular weight is 464 g/mol. The second kappa shape index (κ2) is 9.46. The number of para-hydroxylation sites is 1. The van der Waals surface area contributed by atoms with Crippen molar-refractivity contribution >= 4 is 33.2 Å². The van der Waals surface area contributed by atoms with Crippen LogP contribution in [-0.4, -0.2) is 38.7 Å². The number of hydrogen-bond acceptors (Lipinski definition) is 4. The number of nitrogens with one attached hydrogen (secondary N) is 1. The molecule has 7 nitrogen and oxygen atoms in total. The van der Waals surface area contributed by atoms with E-state index in [1.165, 1.54) is 23.5 Å². The average Bonchev–Trinajstić information content (AvgIpc) is 3.20. The number of carbonyl (C=O) groups is 2. The van der Waals surface area contributed by atoms with Gasteiger partial charge in [0.25, 0.3) is 10.0 Å². The normalized spacial score (nSPS) is 16.0. The fourth-order valence-electron chi connectivity index (χ4n) is 3.82. The lowest BCUT2D eigenvalue weighted by Gasteiger charge is -2.20. The molecule has 4 rings (SSSR count). The molecule has 1 saturated heterocycles. The van der Waals surface area contributed by atoms with Gasteiger partial charge in [0.05, 0.1) is 16.5 Å². The smallest absolute Gasteiger partial charge is 0.264 e. The van der Waals surface area contributed by atoms with E-state index in [0.717, 1.165) is 5.56 Å². The van der Waals surface area contributed by atoms with Crippen LogP contribution >= 0.6 is 0 Å². The maximum absolute atomic E-state index is 13.0. The number of rotatable bonds is 7. The molecule has 1 atom stereocenters. The van der Waals surface area contributed by atoms with Gasteiger partial charge in [0, 0.05) is 32.2 Å². The molecule has 2 amide bonds. The number of sulfonamides is 1. The summed E-state index contributed by atoms with van der Waals surface area (Å²) in [6.07, 6.45) is 0.132. The summed E-state index contributed by atoms with van der Waals surface area (Å²) in [5.74, 6) is -0.863. The van der Waals surface area contributed by atoms with Crippen LogP contribution in [0.3, 0.4) is 0 Å². The molecule has 33 heavy (non-hydrogen) atoms. The molecule has 1 fully saturated rings. The van der Waals surface area contributed by atoms with Crippen LogP contribution < -0.4 is 9.62 Å².